The molecule has 0 bridgehead atoms. The molecule has 0 radical (unpaired) electrons. The first-order chi connectivity index (χ1) is 7.26. The number of hydrogen-bond acceptors (Lipinski definition) is 1. The van der Waals surface area contributed by atoms with Crippen LogP contribution in [0.3, 0.4) is 0 Å². The van der Waals surface area contributed by atoms with Gasteiger partial charge in [-0.2, -0.15) is 11.8 Å². The Hall–Kier alpha value is -0.730. The van der Waals surface area contributed by atoms with Crippen molar-refractivity contribution in [3.8, 4) is 0 Å². The molecule has 0 unspecified atom stereocenters. The van der Waals surface area contributed by atoms with Crippen molar-refractivity contribution >= 4 is 23.5 Å². The molecule has 1 aliphatic rings. The van der Waals surface area contributed by atoms with Crippen LogP contribution in [-0.2, 0) is 0 Å². The summed E-state index contributed by atoms with van der Waals surface area (Å²) in [6.45, 7) is 6.37. The van der Waals surface area contributed by atoms with Crippen molar-refractivity contribution in [3.05, 3.63) is 36.4 Å². The quantitative estimate of drug-likeness (QED) is 0.690. The van der Waals surface area contributed by atoms with Gasteiger partial charge in [-0.1, -0.05) is 24.8 Å². The molecule has 0 N–H and O–H groups in total. The van der Waals surface area contributed by atoms with Gasteiger partial charge in [-0.3, -0.25) is 4.48 Å². The maximum atomic E-state index is 3.90. The molecule has 15 heavy (non-hydrogen) atoms. The largest absolute Gasteiger partial charge is 0.292 e. The second kappa shape index (κ2) is 4.42. The fourth-order valence-electron chi connectivity index (χ4n) is 2.14. The molecule has 0 amide bonds. The molecular weight excluding hydrogens is 202 g/mol. The molecule has 1 aromatic carbocycles. The van der Waals surface area contributed by atoms with E-state index in [1.54, 1.807) is 0 Å². The highest BCUT2D eigenvalue weighted by molar-refractivity contribution is 7.99. The van der Waals surface area contributed by atoms with Crippen molar-refractivity contribution in [3.63, 3.8) is 0 Å². The second-order valence-corrected chi connectivity index (χ2v) is 5.44. The van der Waals surface area contributed by atoms with Crippen molar-refractivity contribution in [2.75, 3.05) is 31.6 Å². The van der Waals surface area contributed by atoms with Gasteiger partial charge in [0.25, 0.3) is 0 Å². The van der Waals surface area contributed by atoms with Crippen LogP contribution in [0.25, 0.3) is 6.08 Å². The lowest BCUT2D eigenvalue weighted by Crippen LogP contribution is -2.51. The summed E-state index contributed by atoms with van der Waals surface area (Å²) in [4.78, 5) is 0. The minimum absolute atomic E-state index is 1.06. The minimum atomic E-state index is 1.06. The molecule has 1 heterocycles. The lowest BCUT2D eigenvalue weighted by Gasteiger charge is -2.37. The summed E-state index contributed by atoms with van der Waals surface area (Å²) < 4.78 is 1.06. The van der Waals surface area contributed by atoms with Crippen molar-refractivity contribution in [1.82, 2.24) is 4.48 Å². The van der Waals surface area contributed by atoms with Crippen molar-refractivity contribution < 1.29 is 0 Å². The first-order valence-corrected chi connectivity index (χ1v) is 6.56. The Bertz CT molecular complexity index is 353. The molecule has 1 aromatic rings. The molecule has 2 heteroatoms. The molecule has 1 aliphatic heterocycles. The Balaban J connectivity index is 2.38. The molecule has 1 nitrogen and oxygen atoms in total. The highest BCUT2D eigenvalue weighted by Crippen LogP contribution is 2.29. The van der Waals surface area contributed by atoms with E-state index < -0.39 is 0 Å². The summed E-state index contributed by atoms with van der Waals surface area (Å²) in [6, 6.07) is 8.62. The van der Waals surface area contributed by atoms with Gasteiger partial charge in [-0.05, 0) is 12.1 Å². The van der Waals surface area contributed by atoms with E-state index >= 15 is 0 Å². The first kappa shape index (κ1) is 10.8. The van der Waals surface area contributed by atoms with Crippen LogP contribution in [0, 0.1) is 0 Å². The molecule has 0 saturated carbocycles. The van der Waals surface area contributed by atoms with Gasteiger partial charge >= 0.3 is 0 Å². The monoisotopic (exact) mass is 220 g/mol. The Kier molecular flexibility index (Phi) is 3.17. The van der Waals surface area contributed by atoms with E-state index in [2.05, 4.69) is 49.7 Å². The average molecular weight is 220 g/mol. The summed E-state index contributed by atoms with van der Waals surface area (Å²) in [5.74, 6) is 2.53. The highest BCUT2D eigenvalue weighted by Gasteiger charge is 2.29. The summed E-state index contributed by atoms with van der Waals surface area (Å²) >= 11 is 2.06. The van der Waals surface area contributed by atoms with Crippen LogP contribution in [0.5, 0.6) is 0 Å². The number of rotatable bonds is 2. The molecule has 0 aromatic heterocycles. The van der Waals surface area contributed by atoms with Crippen molar-refractivity contribution in [2.24, 2.45) is 0 Å². The van der Waals surface area contributed by atoms with Crippen LogP contribution >= 0.6 is 11.8 Å². The van der Waals surface area contributed by atoms with Crippen molar-refractivity contribution in [2.45, 2.75) is 0 Å². The Morgan fingerprint density at radius 3 is 2.60 bits per heavy atom. The summed E-state index contributed by atoms with van der Waals surface area (Å²) in [7, 11) is 2.34. The molecule has 0 atom stereocenters. The number of benzene rings is 1. The van der Waals surface area contributed by atoms with Crippen LogP contribution in [0.2, 0.25) is 0 Å². The summed E-state index contributed by atoms with van der Waals surface area (Å²) in [5.41, 5.74) is 2.71. The van der Waals surface area contributed by atoms with E-state index in [1.807, 2.05) is 6.08 Å². The number of para-hydroxylation sites is 1. The molecule has 0 spiro atoms. The van der Waals surface area contributed by atoms with E-state index in [-0.39, 0.29) is 0 Å². The molecule has 2 rings (SSSR count). The maximum absolute atomic E-state index is 3.90. The Morgan fingerprint density at radius 2 is 1.93 bits per heavy atom. The molecule has 80 valence electrons. The van der Waals surface area contributed by atoms with E-state index in [0.717, 1.165) is 4.48 Å². The standard InChI is InChI=1S/C13H18NS/c1-3-12-6-4-5-7-13(12)14(2)8-10-15-11-9-14/h3-7H,1,8-11H2,2H3/q+1. The molecule has 0 aliphatic carbocycles. The van der Waals surface area contributed by atoms with Crippen LogP contribution in [0.1, 0.15) is 5.56 Å². The molecular formula is C13H18NS+. The summed E-state index contributed by atoms with van der Waals surface area (Å²) in [6.07, 6.45) is 1.97. The smallest absolute Gasteiger partial charge is 0.139 e. The topological polar surface area (TPSA) is 0 Å². The molecule has 1 fully saturated rings. The number of thioether (sulfide) groups is 1. The van der Waals surface area contributed by atoms with Gasteiger partial charge in [0.1, 0.15) is 5.69 Å². The van der Waals surface area contributed by atoms with Gasteiger partial charge in [-0.25, -0.2) is 0 Å². The zero-order valence-corrected chi connectivity index (χ0v) is 10.1. The fourth-order valence-corrected chi connectivity index (χ4v) is 3.41. The van der Waals surface area contributed by atoms with Gasteiger partial charge in [0.2, 0.25) is 0 Å². The predicted octanol–water partition coefficient (Wildman–Crippen LogP) is 3.01. The lowest BCUT2D eigenvalue weighted by molar-refractivity contribution is 0.363. The van der Waals surface area contributed by atoms with Crippen LogP contribution in [0.4, 0.5) is 5.69 Å². The van der Waals surface area contributed by atoms with Gasteiger partial charge in [0, 0.05) is 17.1 Å². The zero-order valence-electron chi connectivity index (χ0n) is 9.28. The normalized spacial score (nSPS) is 19.8. The summed E-state index contributed by atoms with van der Waals surface area (Å²) in [5, 5.41) is 0. The van der Waals surface area contributed by atoms with Gasteiger partial charge in [-0.15, -0.1) is 0 Å². The van der Waals surface area contributed by atoms with Gasteiger partial charge in [0.15, 0.2) is 0 Å². The first-order valence-electron chi connectivity index (χ1n) is 5.40. The number of quaternary nitrogens is 1. The predicted molar refractivity (Wildman–Crippen MR) is 71.3 cm³/mol. The maximum Gasteiger partial charge on any atom is 0.139 e. The lowest BCUT2D eigenvalue weighted by atomic mass is 10.1. The van der Waals surface area contributed by atoms with Crippen LogP contribution in [-0.4, -0.2) is 31.6 Å². The minimum Gasteiger partial charge on any atom is -0.292 e. The SMILES string of the molecule is C=Cc1ccccc1[N+]1(C)CCSCC1. The third-order valence-electron chi connectivity index (χ3n) is 3.20. The third kappa shape index (κ3) is 2.11. The Labute approximate surface area is 96.4 Å². The van der Waals surface area contributed by atoms with Crippen LogP contribution < -0.4 is 4.48 Å². The fraction of sp³-hybridized carbons (Fsp3) is 0.385. The number of hydrogen-bond donors (Lipinski definition) is 0. The van der Waals surface area contributed by atoms with Crippen molar-refractivity contribution in [1.29, 1.82) is 0 Å². The third-order valence-corrected chi connectivity index (χ3v) is 4.14. The highest BCUT2D eigenvalue weighted by atomic mass is 32.2. The average Bonchev–Trinajstić information content (AvgIpc) is 2.30. The Morgan fingerprint density at radius 1 is 1.27 bits per heavy atom. The van der Waals surface area contributed by atoms with E-state index in [0.29, 0.717) is 0 Å². The van der Waals surface area contributed by atoms with Crippen LogP contribution in [0.15, 0.2) is 30.8 Å². The van der Waals surface area contributed by atoms with E-state index in [4.69, 9.17) is 0 Å². The molecule has 1 saturated heterocycles. The van der Waals surface area contributed by atoms with Gasteiger partial charge < -0.3 is 0 Å². The number of nitrogens with zero attached hydrogens (tertiary/aromatic N) is 1. The van der Waals surface area contributed by atoms with E-state index in [1.165, 1.54) is 35.8 Å². The zero-order chi connectivity index (χ0) is 10.7. The second-order valence-electron chi connectivity index (χ2n) is 4.22. The van der Waals surface area contributed by atoms with Gasteiger partial charge in [0.05, 0.1) is 20.1 Å². The van der Waals surface area contributed by atoms with E-state index in [9.17, 15) is 0 Å².